The number of hydrogen-bond acceptors (Lipinski definition) is 4. The zero-order valence-corrected chi connectivity index (χ0v) is 16.2. The lowest BCUT2D eigenvalue weighted by Crippen LogP contribution is -2.37. The molecule has 1 fully saturated rings. The van der Waals surface area contributed by atoms with Gasteiger partial charge in [0, 0.05) is 42.5 Å². The van der Waals surface area contributed by atoms with Gasteiger partial charge in [-0.1, -0.05) is 6.92 Å². The van der Waals surface area contributed by atoms with E-state index < -0.39 is 0 Å². The third-order valence-electron chi connectivity index (χ3n) is 5.72. The summed E-state index contributed by atoms with van der Waals surface area (Å²) in [4.78, 5) is 29.1. The van der Waals surface area contributed by atoms with Gasteiger partial charge in [0.05, 0.1) is 17.3 Å². The Bertz CT molecular complexity index is 838. The van der Waals surface area contributed by atoms with E-state index in [-0.39, 0.29) is 17.7 Å². The maximum Gasteiger partial charge on any atom is 0.255 e. The number of fused-ring (bicyclic) bond motifs is 1. The summed E-state index contributed by atoms with van der Waals surface area (Å²) in [5, 5.41) is 6.12. The maximum atomic E-state index is 13.2. The number of Topliss-reactive ketones (excluding diaryl/α,β-unsaturated/α-hetero) is 1. The van der Waals surface area contributed by atoms with Gasteiger partial charge in [0.15, 0.2) is 5.78 Å². The molecule has 6 heteroatoms. The predicted octanol–water partition coefficient (Wildman–Crippen LogP) is 3.48. The van der Waals surface area contributed by atoms with E-state index in [0.717, 1.165) is 44.2 Å². The van der Waals surface area contributed by atoms with Crippen LogP contribution in [0.15, 0.2) is 17.8 Å². The summed E-state index contributed by atoms with van der Waals surface area (Å²) in [5.74, 6) is 0.906. The number of carbonyl (C=O) groups is 2. The zero-order valence-electron chi connectivity index (χ0n) is 15.4. The normalized spacial score (nSPS) is 22.5. The monoisotopic (exact) mass is 371 g/mol. The number of likely N-dealkylation sites (tertiary alicyclic amines) is 1. The van der Waals surface area contributed by atoms with Crippen molar-refractivity contribution in [3.05, 3.63) is 39.3 Å². The molecule has 0 spiro atoms. The fraction of sp³-hybridized carbons (Fsp3) is 0.550. The number of carbonyl (C=O) groups excluding carboxylic acids is 2. The minimum atomic E-state index is 0.00766. The second kappa shape index (κ2) is 6.99. The van der Waals surface area contributed by atoms with Crippen molar-refractivity contribution in [3.63, 3.8) is 0 Å². The highest BCUT2D eigenvalue weighted by Crippen LogP contribution is 2.34. The molecule has 0 radical (unpaired) electrons. The second-order valence-corrected chi connectivity index (χ2v) is 8.69. The topological polar surface area (TPSA) is 55.2 Å². The largest absolute Gasteiger partial charge is 0.335 e. The van der Waals surface area contributed by atoms with Crippen LogP contribution in [0, 0.1) is 5.92 Å². The van der Waals surface area contributed by atoms with Crippen molar-refractivity contribution in [1.29, 1.82) is 0 Å². The Balaban J connectivity index is 1.50. The molecule has 2 atom stereocenters. The van der Waals surface area contributed by atoms with Gasteiger partial charge in [-0.25, -0.2) is 0 Å². The summed E-state index contributed by atoms with van der Waals surface area (Å²) in [6, 6.07) is 0.00766. The molecule has 0 N–H and O–H groups in total. The molecule has 1 saturated heterocycles. The predicted molar refractivity (Wildman–Crippen MR) is 102 cm³/mol. The van der Waals surface area contributed by atoms with E-state index in [4.69, 9.17) is 0 Å². The lowest BCUT2D eigenvalue weighted by atomic mass is 9.88. The molecule has 2 aromatic rings. The van der Waals surface area contributed by atoms with Crippen molar-refractivity contribution < 1.29 is 9.59 Å². The highest BCUT2D eigenvalue weighted by molar-refractivity contribution is 7.10. The molecule has 2 aliphatic rings. The van der Waals surface area contributed by atoms with Crippen LogP contribution >= 0.6 is 11.3 Å². The molecule has 0 aromatic carbocycles. The molecule has 26 heavy (non-hydrogen) atoms. The number of hydrogen-bond donors (Lipinski definition) is 0. The Morgan fingerprint density at radius 2 is 2.19 bits per heavy atom. The smallest absolute Gasteiger partial charge is 0.255 e. The zero-order chi connectivity index (χ0) is 18.3. The van der Waals surface area contributed by atoms with Crippen LogP contribution < -0.4 is 0 Å². The number of aryl methyl sites for hydroxylation is 1. The second-order valence-electron chi connectivity index (χ2n) is 7.72. The van der Waals surface area contributed by atoms with Gasteiger partial charge in [-0.3, -0.25) is 14.3 Å². The van der Waals surface area contributed by atoms with Crippen molar-refractivity contribution in [2.75, 3.05) is 6.54 Å². The van der Waals surface area contributed by atoms with Crippen molar-refractivity contribution in [3.8, 4) is 0 Å². The molecule has 1 aliphatic carbocycles. The summed E-state index contributed by atoms with van der Waals surface area (Å²) >= 11 is 1.73. The van der Waals surface area contributed by atoms with E-state index >= 15 is 0 Å². The van der Waals surface area contributed by atoms with Crippen LogP contribution in [0.5, 0.6) is 0 Å². The fourth-order valence-electron chi connectivity index (χ4n) is 4.22. The first-order chi connectivity index (χ1) is 12.5. The van der Waals surface area contributed by atoms with Gasteiger partial charge in [-0.15, -0.1) is 11.3 Å². The summed E-state index contributed by atoms with van der Waals surface area (Å²) in [6.07, 6.45) is 8.89. The molecule has 1 aliphatic heterocycles. The average molecular weight is 372 g/mol. The lowest BCUT2D eigenvalue weighted by Gasteiger charge is -2.25. The minimum absolute atomic E-state index is 0.00766. The third kappa shape index (κ3) is 3.22. The first-order valence-electron chi connectivity index (χ1n) is 9.45. The molecule has 0 bridgehead atoms. The number of nitrogens with zero attached hydrogens (tertiary/aromatic N) is 3. The first kappa shape index (κ1) is 17.5. The van der Waals surface area contributed by atoms with Gasteiger partial charge >= 0.3 is 0 Å². The maximum absolute atomic E-state index is 13.2. The van der Waals surface area contributed by atoms with Crippen LogP contribution in [0.2, 0.25) is 0 Å². The molecule has 2 unspecified atom stereocenters. The van der Waals surface area contributed by atoms with Gasteiger partial charge in [0.25, 0.3) is 5.91 Å². The van der Waals surface area contributed by atoms with E-state index in [2.05, 4.69) is 12.0 Å². The Hall–Kier alpha value is -1.95. The highest BCUT2D eigenvalue weighted by Gasteiger charge is 2.34. The first-order valence-corrected chi connectivity index (χ1v) is 10.3. The molecular formula is C20H25N3O2S. The molecule has 0 saturated carbocycles. The summed E-state index contributed by atoms with van der Waals surface area (Å²) in [6.45, 7) is 3.04. The molecule has 1 amide bonds. The van der Waals surface area contributed by atoms with E-state index in [1.807, 2.05) is 17.3 Å². The van der Waals surface area contributed by atoms with Crippen molar-refractivity contribution in [1.82, 2.24) is 14.7 Å². The van der Waals surface area contributed by atoms with Crippen LogP contribution in [0.1, 0.15) is 63.8 Å². The number of thiophene rings is 1. The molecule has 4 rings (SSSR count). The number of rotatable bonds is 4. The molecular weight excluding hydrogens is 346 g/mol. The quantitative estimate of drug-likeness (QED) is 0.773. The minimum Gasteiger partial charge on any atom is -0.335 e. The van der Waals surface area contributed by atoms with Gasteiger partial charge in [-0.05, 0) is 43.6 Å². The number of amides is 1. The fourth-order valence-corrected chi connectivity index (χ4v) is 5.46. The summed E-state index contributed by atoms with van der Waals surface area (Å²) in [5.41, 5.74) is 2.79. The van der Waals surface area contributed by atoms with Gasteiger partial charge in [0.1, 0.15) is 0 Å². The highest BCUT2D eigenvalue weighted by atomic mass is 32.1. The van der Waals surface area contributed by atoms with Crippen LogP contribution in [0.25, 0.3) is 0 Å². The van der Waals surface area contributed by atoms with Crippen LogP contribution in [-0.2, 0) is 19.9 Å². The van der Waals surface area contributed by atoms with Gasteiger partial charge in [-0.2, -0.15) is 5.10 Å². The summed E-state index contributed by atoms with van der Waals surface area (Å²) in [7, 11) is 1.81. The van der Waals surface area contributed by atoms with E-state index in [0.29, 0.717) is 17.9 Å². The number of aromatic nitrogens is 2. The van der Waals surface area contributed by atoms with Crippen molar-refractivity contribution >= 4 is 23.0 Å². The van der Waals surface area contributed by atoms with E-state index in [1.165, 1.54) is 10.4 Å². The Morgan fingerprint density at radius 1 is 1.35 bits per heavy atom. The molecule has 2 aromatic heterocycles. The SMILES string of the molecule is CC1CCc2c(C(=O)N3CCCC3CC(=O)c3cnn(C)c3)csc2C1. The van der Waals surface area contributed by atoms with E-state index in [1.54, 1.807) is 28.4 Å². The van der Waals surface area contributed by atoms with E-state index in [9.17, 15) is 9.59 Å². The molecule has 138 valence electrons. The number of ketones is 1. The van der Waals surface area contributed by atoms with Crippen LogP contribution in [-0.4, -0.2) is 39.0 Å². The van der Waals surface area contributed by atoms with Gasteiger partial charge in [0.2, 0.25) is 0 Å². The molecule has 3 heterocycles. The Morgan fingerprint density at radius 3 is 2.96 bits per heavy atom. The Kier molecular flexibility index (Phi) is 4.69. The van der Waals surface area contributed by atoms with Crippen molar-refractivity contribution in [2.45, 2.75) is 51.5 Å². The average Bonchev–Trinajstić information content (AvgIpc) is 3.33. The van der Waals surface area contributed by atoms with Gasteiger partial charge < -0.3 is 4.90 Å². The van der Waals surface area contributed by atoms with Crippen LogP contribution in [0.3, 0.4) is 0 Å². The molecule has 5 nitrogen and oxygen atoms in total. The third-order valence-corrected chi connectivity index (χ3v) is 6.77. The van der Waals surface area contributed by atoms with Crippen molar-refractivity contribution in [2.24, 2.45) is 13.0 Å². The Labute approximate surface area is 158 Å². The lowest BCUT2D eigenvalue weighted by molar-refractivity contribution is 0.0716. The standard InChI is InChI=1S/C20H25N3O2S/c1-13-5-6-16-17(12-26-19(16)8-13)20(25)23-7-3-4-15(23)9-18(24)14-10-21-22(2)11-14/h10-13,15H,3-9H2,1-2H3. The van der Waals surface area contributed by atoms with Crippen LogP contribution in [0.4, 0.5) is 0 Å². The summed E-state index contributed by atoms with van der Waals surface area (Å²) < 4.78 is 1.64.